The molecule has 0 spiro atoms. The van der Waals surface area contributed by atoms with Crippen LogP contribution in [-0.2, 0) is 21.7 Å². The van der Waals surface area contributed by atoms with Gasteiger partial charge >= 0.3 is 0 Å². The Morgan fingerprint density at radius 2 is 0.920 bits per heavy atom. The molecule has 0 saturated heterocycles. The van der Waals surface area contributed by atoms with E-state index in [1.54, 1.807) is 6.07 Å². The molecule has 0 saturated carbocycles. The zero-order valence-electron chi connectivity index (χ0n) is 32.5. The topological polar surface area (TPSA) is 55.3 Å². The van der Waals surface area contributed by atoms with Crippen molar-refractivity contribution < 1.29 is 14.3 Å². The molecule has 0 amide bonds. The first-order valence-corrected chi connectivity index (χ1v) is 19.6. The quantitative estimate of drug-likeness (QED) is 0.123. The summed E-state index contributed by atoms with van der Waals surface area (Å²) in [4.78, 5) is 24.6. The molecule has 0 unspecified atom stereocenters. The van der Waals surface area contributed by atoms with Gasteiger partial charge in [0.25, 0.3) is 0 Å². The highest BCUT2D eigenvalue weighted by molar-refractivity contribution is 7.36. The van der Waals surface area contributed by atoms with Gasteiger partial charge < -0.3 is 14.3 Å². The first-order chi connectivity index (χ1) is 23.4. The summed E-state index contributed by atoms with van der Waals surface area (Å²) in [5, 5.41) is 4.71. The van der Waals surface area contributed by atoms with Crippen LogP contribution in [0.5, 0.6) is 5.75 Å². The first kappa shape index (κ1) is 38.0. The molecular weight excluding hydrogens is 631 g/mol. The average molecular weight is 689 g/mol. The summed E-state index contributed by atoms with van der Waals surface area (Å²) >= 11 is 0. The van der Waals surface area contributed by atoms with E-state index in [2.05, 4.69) is 150 Å². The van der Waals surface area contributed by atoms with Crippen molar-refractivity contribution in [3.8, 4) is 28.0 Å². The Hall–Kier alpha value is -3.23. The van der Waals surface area contributed by atoms with Crippen molar-refractivity contribution >= 4 is 30.1 Å². The van der Waals surface area contributed by atoms with Crippen molar-refractivity contribution in [3.63, 3.8) is 0 Å². The highest BCUT2D eigenvalue weighted by Gasteiger charge is 2.30. The van der Waals surface area contributed by atoms with Gasteiger partial charge in [0, 0.05) is 5.56 Å². The predicted molar refractivity (Wildman–Crippen MR) is 213 cm³/mol. The lowest BCUT2D eigenvalue weighted by molar-refractivity contribution is -0.310. The van der Waals surface area contributed by atoms with Gasteiger partial charge in [0.2, 0.25) is 0 Å². The van der Waals surface area contributed by atoms with Gasteiger partial charge in [0.05, 0.1) is 0 Å². The maximum absolute atomic E-state index is 12.3. The largest absolute Gasteiger partial charge is 0.810 e. The molecule has 5 aromatic rings. The van der Waals surface area contributed by atoms with Gasteiger partial charge in [-0.05, 0) is 138 Å². The minimum atomic E-state index is -3.14. The molecule has 0 aliphatic carbocycles. The third kappa shape index (κ3) is 7.25. The number of rotatable bonds is 12. The highest BCUT2D eigenvalue weighted by Crippen LogP contribution is 2.50. The summed E-state index contributed by atoms with van der Waals surface area (Å²) in [7, 11) is -3.14. The third-order valence-electron chi connectivity index (χ3n) is 12.3. The van der Waals surface area contributed by atoms with Crippen molar-refractivity contribution in [2.75, 3.05) is 0 Å². The molecule has 4 heteroatoms. The summed E-state index contributed by atoms with van der Waals surface area (Å²) in [6, 6.07) is 28.9. The lowest BCUT2D eigenvalue weighted by Crippen LogP contribution is -2.19. The molecule has 0 radical (unpaired) electrons. The predicted octanol–water partition coefficient (Wildman–Crippen LogP) is 12.4. The Kier molecular flexibility index (Phi) is 10.7. The molecule has 266 valence electrons. The van der Waals surface area contributed by atoms with Gasteiger partial charge in [-0.1, -0.05) is 140 Å². The Morgan fingerprint density at radius 1 is 0.480 bits per heavy atom. The Morgan fingerprint density at radius 3 is 1.36 bits per heavy atom. The zero-order chi connectivity index (χ0) is 36.8. The van der Waals surface area contributed by atoms with E-state index >= 15 is 0 Å². The molecule has 3 nitrogen and oxygen atoms in total. The molecule has 0 aliphatic heterocycles. The zero-order valence-corrected chi connectivity index (χ0v) is 33.4. The lowest BCUT2D eigenvalue weighted by atomic mass is 9.73. The van der Waals surface area contributed by atoms with E-state index in [0.29, 0.717) is 5.75 Å². The van der Waals surface area contributed by atoms with Crippen LogP contribution in [0.2, 0.25) is 0 Å². The maximum atomic E-state index is 12.3. The van der Waals surface area contributed by atoms with Gasteiger partial charge in [-0.15, -0.1) is 0 Å². The van der Waals surface area contributed by atoms with E-state index in [-0.39, 0.29) is 21.7 Å². The van der Waals surface area contributed by atoms with E-state index < -0.39 is 8.60 Å². The lowest BCUT2D eigenvalue weighted by Gasteiger charge is -2.34. The summed E-state index contributed by atoms with van der Waals surface area (Å²) < 4.78 is 5.71. The standard InChI is InChI=1S/C46H57O3P/c1-13-43(5,6)34-22-20-30-26-37(39(28-32(30)24-34)45(9,10)15-3)36-18-17-19-41(49-50(47)48)42(36)38-27-31-21-23-35(44(7,8)14-2)25-33(31)29-40(38)46(11,12)16-4/h17-29H,13-16H2,1-12H3/q-2. The van der Waals surface area contributed by atoms with Crippen molar-refractivity contribution in [3.05, 3.63) is 101 Å². The van der Waals surface area contributed by atoms with Gasteiger partial charge in [-0.25, -0.2) is 0 Å². The summed E-state index contributed by atoms with van der Waals surface area (Å²) in [6.07, 6.45) is 3.97. The van der Waals surface area contributed by atoms with E-state index in [1.807, 2.05) is 6.07 Å². The van der Waals surface area contributed by atoms with Gasteiger partial charge in [0.15, 0.2) is 0 Å². The van der Waals surface area contributed by atoms with Crippen LogP contribution in [0.1, 0.15) is 131 Å². The van der Waals surface area contributed by atoms with E-state index in [1.165, 1.54) is 33.0 Å². The number of benzene rings is 5. The van der Waals surface area contributed by atoms with Crippen molar-refractivity contribution in [1.29, 1.82) is 0 Å². The van der Waals surface area contributed by atoms with Crippen molar-refractivity contribution in [2.24, 2.45) is 0 Å². The molecule has 5 aromatic carbocycles. The monoisotopic (exact) mass is 688 g/mol. The molecule has 0 bridgehead atoms. The molecular formula is C46H57O3P-2. The van der Waals surface area contributed by atoms with E-state index in [4.69, 9.17) is 4.52 Å². The normalized spacial score (nSPS) is 13.1. The Bertz CT molecular complexity index is 2010. The molecule has 50 heavy (non-hydrogen) atoms. The van der Waals surface area contributed by atoms with E-state index in [0.717, 1.165) is 58.7 Å². The number of hydrogen-bond acceptors (Lipinski definition) is 3. The Labute approximate surface area is 303 Å². The summed E-state index contributed by atoms with van der Waals surface area (Å²) in [5.74, 6) is 0.357. The van der Waals surface area contributed by atoms with Crippen LogP contribution in [-0.4, -0.2) is 0 Å². The van der Waals surface area contributed by atoms with Gasteiger partial charge in [-0.3, -0.25) is 0 Å². The Balaban J connectivity index is 1.91. The minimum absolute atomic E-state index is 0.0615. The van der Waals surface area contributed by atoms with Gasteiger partial charge in [-0.2, -0.15) is 0 Å². The molecule has 0 N–H and O–H groups in total. The summed E-state index contributed by atoms with van der Waals surface area (Å²) in [6.45, 7) is 27.4. The average Bonchev–Trinajstić information content (AvgIpc) is 3.09. The van der Waals surface area contributed by atoms with E-state index in [9.17, 15) is 9.79 Å². The smallest absolute Gasteiger partial charge is 0.128 e. The summed E-state index contributed by atoms with van der Waals surface area (Å²) in [5.41, 5.74) is 8.79. The fourth-order valence-electron chi connectivity index (χ4n) is 6.97. The molecule has 0 heterocycles. The third-order valence-corrected chi connectivity index (χ3v) is 12.6. The van der Waals surface area contributed by atoms with Crippen LogP contribution in [0.4, 0.5) is 0 Å². The molecule has 0 atom stereocenters. The molecule has 0 aromatic heterocycles. The first-order valence-electron chi connectivity index (χ1n) is 18.5. The minimum Gasteiger partial charge on any atom is -0.810 e. The molecule has 5 rings (SSSR count). The van der Waals surface area contributed by atoms with Crippen LogP contribution in [0.3, 0.4) is 0 Å². The number of hydrogen-bond donors (Lipinski definition) is 0. The van der Waals surface area contributed by atoms with Crippen LogP contribution < -0.4 is 14.3 Å². The molecule has 0 fully saturated rings. The van der Waals surface area contributed by atoms with Crippen molar-refractivity contribution in [1.82, 2.24) is 0 Å². The second-order valence-corrected chi connectivity index (χ2v) is 17.5. The highest BCUT2D eigenvalue weighted by atomic mass is 31.2. The van der Waals surface area contributed by atoms with Gasteiger partial charge in [0.1, 0.15) is 5.75 Å². The van der Waals surface area contributed by atoms with Crippen LogP contribution in [0.25, 0.3) is 43.8 Å². The van der Waals surface area contributed by atoms with Crippen LogP contribution in [0.15, 0.2) is 78.9 Å². The number of fused-ring (bicyclic) bond motifs is 2. The second kappa shape index (κ2) is 14.1. The van der Waals surface area contributed by atoms with Crippen LogP contribution >= 0.6 is 8.60 Å². The van der Waals surface area contributed by atoms with Crippen molar-refractivity contribution in [2.45, 2.75) is 130 Å². The van der Waals surface area contributed by atoms with Crippen LogP contribution in [0, 0.1) is 0 Å². The maximum Gasteiger partial charge on any atom is 0.128 e. The second-order valence-electron chi connectivity index (χ2n) is 16.9. The fraction of sp³-hybridized carbons (Fsp3) is 0.435. The fourth-order valence-corrected chi connectivity index (χ4v) is 7.28. The molecule has 0 aliphatic rings. The SMILES string of the molecule is CCC(C)(C)c1ccc2cc(-c3cccc(OP([O-])[O-])c3-c3cc4ccc(C(C)(C)CC)cc4cc3C(C)(C)CC)c(C(C)(C)CC)cc2c1.